The van der Waals surface area contributed by atoms with E-state index in [2.05, 4.69) is 5.32 Å². The summed E-state index contributed by atoms with van der Waals surface area (Å²) in [7, 11) is 1.61. The molecule has 1 aromatic carbocycles. The lowest BCUT2D eigenvalue weighted by molar-refractivity contribution is -0.131. The van der Waals surface area contributed by atoms with Gasteiger partial charge in [-0.1, -0.05) is 11.6 Å². The first kappa shape index (κ1) is 17.9. The molecule has 1 aliphatic heterocycles. The number of methoxy groups -OCH3 is 1. The fourth-order valence-corrected chi connectivity index (χ4v) is 2.90. The van der Waals surface area contributed by atoms with Gasteiger partial charge in [-0.2, -0.15) is 0 Å². The number of nitrogens with zero attached hydrogens (tertiary/aromatic N) is 1. The van der Waals surface area contributed by atoms with Crippen LogP contribution in [0, 0.1) is 5.92 Å². The summed E-state index contributed by atoms with van der Waals surface area (Å²) in [6, 6.07) is 5.39. The third-order valence-electron chi connectivity index (χ3n) is 4.05. The van der Waals surface area contributed by atoms with Gasteiger partial charge in [0.15, 0.2) is 0 Å². The standard InChI is InChI=1S/C17H25ClN2O3/c1-3-20(11-13-7-9-23-12-13)17(21)6-8-19-15-10-14(18)4-5-16(15)22-2/h4-5,10,13,19H,3,6-9,11-12H2,1-2H3/t13-/m1/s1. The quantitative estimate of drug-likeness (QED) is 0.790. The maximum atomic E-state index is 12.4. The number of hydrogen-bond acceptors (Lipinski definition) is 4. The van der Waals surface area contributed by atoms with Crippen LogP contribution in [-0.2, 0) is 9.53 Å². The number of nitrogens with one attached hydrogen (secondary N) is 1. The highest BCUT2D eigenvalue weighted by Gasteiger charge is 2.21. The summed E-state index contributed by atoms with van der Waals surface area (Å²) in [5.74, 6) is 1.35. The second-order valence-corrected chi connectivity index (χ2v) is 6.12. The number of carbonyl (C=O) groups excluding carboxylic acids is 1. The molecule has 0 unspecified atom stereocenters. The fourth-order valence-electron chi connectivity index (χ4n) is 2.73. The van der Waals surface area contributed by atoms with Crippen LogP contribution in [0.15, 0.2) is 18.2 Å². The Hall–Kier alpha value is -1.46. The molecule has 2 rings (SSSR count). The van der Waals surface area contributed by atoms with Crippen LogP contribution in [-0.4, -0.2) is 50.8 Å². The summed E-state index contributed by atoms with van der Waals surface area (Å²) in [5.41, 5.74) is 0.806. The summed E-state index contributed by atoms with van der Waals surface area (Å²) < 4.78 is 10.7. The Morgan fingerprint density at radius 3 is 3.00 bits per heavy atom. The molecule has 1 aromatic rings. The smallest absolute Gasteiger partial charge is 0.224 e. The van der Waals surface area contributed by atoms with Gasteiger partial charge in [0.2, 0.25) is 5.91 Å². The summed E-state index contributed by atoms with van der Waals surface area (Å²) in [6.45, 7) is 5.66. The normalized spacial score (nSPS) is 17.1. The van der Waals surface area contributed by atoms with E-state index in [0.29, 0.717) is 23.9 Å². The Morgan fingerprint density at radius 1 is 1.52 bits per heavy atom. The molecule has 5 nitrogen and oxygen atoms in total. The van der Waals surface area contributed by atoms with E-state index in [4.69, 9.17) is 21.1 Å². The molecule has 1 aliphatic rings. The second-order valence-electron chi connectivity index (χ2n) is 5.68. The number of rotatable bonds is 8. The van der Waals surface area contributed by atoms with Crippen LogP contribution in [0.3, 0.4) is 0 Å². The highest BCUT2D eigenvalue weighted by Crippen LogP contribution is 2.27. The Morgan fingerprint density at radius 2 is 2.35 bits per heavy atom. The molecule has 23 heavy (non-hydrogen) atoms. The third kappa shape index (κ3) is 5.29. The van der Waals surface area contributed by atoms with Gasteiger partial charge in [0.05, 0.1) is 19.4 Å². The number of hydrogen-bond donors (Lipinski definition) is 1. The summed E-state index contributed by atoms with van der Waals surface area (Å²) in [5, 5.41) is 3.86. The van der Waals surface area contributed by atoms with E-state index in [9.17, 15) is 4.79 Å². The molecule has 1 atom stereocenters. The molecule has 1 amide bonds. The van der Waals surface area contributed by atoms with Crippen molar-refractivity contribution in [1.82, 2.24) is 4.90 Å². The van der Waals surface area contributed by atoms with Gasteiger partial charge in [-0.15, -0.1) is 0 Å². The van der Waals surface area contributed by atoms with Crippen LogP contribution in [0.4, 0.5) is 5.69 Å². The van der Waals surface area contributed by atoms with Crippen molar-refractivity contribution in [3.8, 4) is 5.75 Å². The van der Waals surface area contributed by atoms with Crippen molar-refractivity contribution in [3.05, 3.63) is 23.2 Å². The van der Waals surface area contributed by atoms with Crippen LogP contribution in [0.25, 0.3) is 0 Å². The van der Waals surface area contributed by atoms with Crippen LogP contribution >= 0.6 is 11.6 Å². The molecule has 1 heterocycles. The molecular weight excluding hydrogens is 316 g/mol. The number of amides is 1. The summed E-state index contributed by atoms with van der Waals surface area (Å²) in [6.07, 6.45) is 1.48. The number of carbonyl (C=O) groups is 1. The first-order valence-corrected chi connectivity index (χ1v) is 8.44. The minimum atomic E-state index is 0.160. The topological polar surface area (TPSA) is 50.8 Å². The van der Waals surface area contributed by atoms with Gasteiger partial charge in [-0.05, 0) is 31.5 Å². The minimum absolute atomic E-state index is 0.160. The lowest BCUT2D eigenvalue weighted by atomic mass is 10.1. The molecule has 1 saturated heterocycles. The molecule has 0 bridgehead atoms. The van der Waals surface area contributed by atoms with Gasteiger partial charge in [0, 0.05) is 43.6 Å². The summed E-state index contributed by atoms with van der Waals surface area (Å²) in [4.78, 5) is 14.3. The molecular formula is C17H25ClN2O3. The Bertz CT molecular complexity index is 519. The van der Waals surface area contributed by atoms with Crippen molar-refractivity contribution >= 4 is 23.2 Å². The van der Waals surface area contributed by atoms with Gasteiger partial charge in [-0.25, -0.2) is 0 Å². The molecule has 0 aromatic heterocycles. The molecule has 128 valence electrons. The zero-order valence-corrected chi connectivity index (χ0v) is 14.6. The van der Waals surface area contributed by atoms with Gasteiger partial charge >= 0.3 is 0 Å². The maximum Gasteiger partial charge on any atom is 0.224 e. The van der Waals surface area contributed by atoms with E-state index < -0.39 is 0 Å². The zero-order valence-electron chi connectivity index (χ0n) is 13.8. The molecule has 6 heteroatoms. The highest BCUT2D eigenvalue weighted by atomic mass is 35.5. The molecule has 1 N–H and O–H groups in total. The van der Waals surface area contributed by atoms with Gasteiger partial charge < -0.3 is 19.7 Å². The van der Waals surface area contributed by atoms with E-state index >= 15 is 0 Å². The first-order valence-electron chi connectivity index (χ1n) is 8.07. The summed E-state index contributed by atoms with van der Waals surface area (Å²) >= 11 is 6.00. The average molecular weight is 341 g/mol. The molecule has 0 aliphatic carbocycles. The number of benzene rings is 1. The van der Waals surface area contributed by atoms with Crippen molar-refractivity contribution in [2.24, 2.45) is 5.92 Å². The predicted molar refractivity (Wildman–Crippen MR) is 92.3 cm³/mol. The largest absolute Gasteiger partial charge is 0.495 e. The first-order chi connectivity index (χ1) is 11.1. The third-order valence-corrected chi connectivity index (χ3v) is 4.29. The number of halogens is 1. The maximum absolute atomic E-state index is 12.4. The highest BCUT2D eigenvalue weighted by molar-refractivity contribution is 6.30. The minimum Gasteiger partial charge on any atom is -0.495 e. The fraction of sp³-hybridized carbons (Fsp3) is 0.588. The van der Waals surface area contributed by atoms with E-state index in [1.54, 1.807) is 19.2 Å². The van der Waals surface area contributed by atoms with E-state index in [1.807, 2.05) is 17.9 Å². The zero-order chi connectivity index (χ0) is 16.7. The van der Waals surface area contributed by atoms with Crippen LogP contribution in [0.2, 0.25) is 5.02 Å². The lowest BCUT2D eigenvalue weighted by Crippen LogP contribution is -2.36. The molecule has 0 saturated carbocycles. The van der Waals surface area contributed by atoms with Crippen molar-refractivity contribution in [1.29, 1.82) is 0 Å². The number of ether oxygens (including phenoxy) is 2. The second kappa shape index (κ2) is 8.99. The van der Waals surface area contributed by atoms with Crippen molar-refractivity contribution in [3.63, 3.8) is 0 Å². The van der Waals surface area contributed by atoms with Crippen molar-refractivity contribution in [2.75, 3.05) is 45.3 Å². The van der Waals surface area contributed by atoms with Crippen LogP contribution < -0.4 is 10.1 Å². The van der Waals surface area contributed by atoms with E-state index in [0.717, 1.165) is 44.2 Å². The van der Waals surface area contributed by atoms with Crippen LogP contribution in [0.1, 0.15) is 19.8 Å². The Kier molecular flexibility index (Phi) is 6.99. The molecule has 0 radical (unpaired) electrons. The van der Waals surface area contributed by atoms with Crippen molar-refractivity contribution < 1.29 is 14.3 Å². The SMILES string of the molecule is CCN(C[C@H]1CCOC1)C(=O)CCNc1cc(Cl)ccc1OC. The van der Waals surface area contributed by atoms with Gasteiger partial charge in [0.25, 0.3) is 0 Å². The predicted octanol–water partition coefficient (Wildman–Crippen LogP) is 3.04. The number of anilines is 1. The van der Waals surface area contributed by atoms with Gasteiger partial charge in [-0.3, -0.25) is 4.79 Å². The lowest BCUT2D eigenvalue weighted by Gasteiger charge is -2.24. The molecule has 0 spiro atoms. The Balaban J connectivity index is 1.82. The molecule has 1 fully saturated rings. The van der Waals surface area contributed by atoms with Crippen molar-refractivity contribution in [2.45, 2.75) is 19.8 Å². The Labute approximate surface area is 142 Å². The van der Waals surface area contributed by atoms with E-state index in [-0.39, 0.29) is 5.91 Å². The average Bonchev–Trinajstić information content (AvgIpc) is 3.05. The van der Waals surface area contributed by atoms with Gasteiger partial charge in [0.1, 0.15) is 5.75 Å². The van der Waals surface area contributed by atoms with Crippen LogP contribution in [0.5, 0.6) is 5.75 Å². The van der Waals surface area contributed by atoms with E-state index in [1.165, 1.54) is 0 Å². The monoisotopic (exact) mass is 340 g/mol.